The Kier molecular flexibility index (Phi) is 5.74. The molecule has 1 amide bonds. The van der Waals surface area contributed by atoms with Gasteiger partial charge in [0.15, 0.2) is 0 Å². The predicted octanol–water partition coefficient (Wildman–Crippen LogP) is -0.361. The monoisotopic (exact) mass is 292 g/mol. The molecule has 0 aromatic heterocycles. The molecule has 0 spiro atoms. The molecule has 0 aliphatic carbocycles. The average molecular weight is 292 g/mol. The van der Waals surface area contributed by atoms with E-state index < -0.39 is 22.4 Å². The number of carbonyl (C=O) groups excluding carboxylic acids is 1. The summed E-state index contributed by atoms with van der Waals surface area (Å²) in [4.78, 5) is 22.0. The highest BCUT2D eigenvalue weighted by Gasteiger charge is 2.30. The van der Waals surface area contributed by atoms with Crippen molar-refractivity contribution < 1.29 is 23.1 Å². The van der Waals surface area contributed by atoms with Gasteiger partial charge in [0.1, 0.15) is 0 Å². The van der Waals surface area contributed by atoms with E-state index in [9.17, 15) is 18.0 Å². The predicted molar refractivity (Wildman–Crippen MR) is 69.0 cm³/mol. The second kappa shape index (κ2) is 6.85. The SMILES string of the molecule is CCNC(=O)C1CCN(S(=O)(=O)CCC(=O)O)CC1. The van der Waals surface area contributed by atoms with Gasteiger partial charge in [-0.2, -0.15) is 0 Å². The van der Waals surface area contributed by atoms with Crippen LogP contribution in [0.15, 0.2) is 0 Å². The molecule has 19 heavy (non-hydrogen) atoms. The molecular weight excluding hydrogens is 272 g/mol. The third kappa shape index (κ3) is 4.79. The van der Waals surface area contributed by atoms with Crippen molar-refractivity contribution >= 4 is 21.9 Å². The molecule has 1 saturated heterocycles. The molecule has 0 aromatic rings. The minimum absolute atomic E-state index is 0.0370. The molecule has 1 rings (SSSR count). The van der Waals surface area contributed by atoms with Crippen molar-refractivity contribution in [1.29, 1.82) is 0 Å². The van der Waals surface area contributed by atoms with Crippen LogP contribution in [0.2, 0.25) is 0 Å². The van der Waals surface area contributed by atoms with Crippen LogP contribution in [-0.4, -0.2) is 55.1 Å². The average Bonchev–Trinajstić information content (AvgIpc) is 2.37. The topological polar surface area (TPSA) is 104 Å². The third-order valence-electron chi connectivity index (χ3n) is 3.14. The zero-order valence-electron chi connectivity index (χ0n) is 11.0. The highest BCUT2D eigenvalue weighted by molar-refractivity contribution is 7.89. The van der Waals surface area contributed by atoms with Crippen molar-refractivity contribution in [3.05, 3.63) is 0 Å². The number of nitrogens with zero attached hydrogens (tertiary/aromatic N) is 1. The number of rotatable bonds is 6. The highest BCUT2D eigenvalue weighted by atomic mass is 32.2. The maximum absolute atomic E-state index is 11.9. The van der Waals surface area contributed by atoms with Crippen molar-refractivity contribution in [3.63, 3.8) is 0 Å². The molecule has 0 atom stereocenters. The lowest BCUT2D eigenvalue weighted by molar-refractivity contribution is -0.136. The summed E-state index contributed by atoms with van der Waals surface area (Å²) in [7, 11) is -3.52. The van der Waals surface area contributed by atoms with Crippen LogP contribution < -0.4 is 5.32 Å². The molecule has 1 fully saturated rings. The van der Waals surface area contributed by atoms with Gasteiger partial charge in [-0.05, 0) is 19.8 Å². The van der Waals surface area contributed by atoms with Gasteiger partial charge < -0.3 is 10.4 Å². The Bertz CT molecular complexity index is 426. The Balaban J connectivity index is 2.49. The molecule has 0 saturated carbocycles. The first-order chi connectivity index (χ1) is 8.86. The summed E-state index contributed by atoms with van der Waals surface area (Å²) in [6.07, 6.45) is 0.578. The van der Waals surface area contributed by atoms with Crippen molar-refractivity contribution in [1.82, 2.24) is 9.62 Å². The number of sulfonamides is 1. The van der Waals surface area contributed by atoms with Crippen LogP contribution >= 0.6 is 0 Å². The number of hydrogen-bond acceptors (Lipinski definition) is 4. The van der Waals surface area contributed by atoms with E-state index in [0.29, 0.717) is 19.4 Å². The molecule has 0 unspecified atom stereocenters. The van der Waals surface area contributed by atoms with Crippen LogP contribution in [-0.2, 0) is 19.6 Å². The number of piperidine rings is 1. The second-order valence-electron chi connectivity index (χ2n) is 4.53. The smallest absolute Gasteiger partial charge is 0.304 e. The fourth-order valence-corrected chi connectivity index (χ4v) is 3.52. The second-order valence-corrected chi connectivity index (χ2v) is 6.62. The Hall–Kier alpha value is -1.15. The Morgan fingerprint density at radius 3 is 2.37 bits per heavy atom. The van der Waals surface area contributed by atoms with Crippen molar-refractivity contribution in [3.8, 4) is 0 Å². The van der Waals surface area contributed by atoms with Crippen LogP contribution in [0.3, 0.4) is 0 Å². The molecule has 1 aliphatic rings. The number of carboxylic acids is 1. The molecule has 0 bridgehead atoms. The lowest BCUT2D eigenvalue weighted by Gasteiger charge is -2.30. The number of amides is 1. The first-order valence-electron chi connectivity index (χ1n) is 6.34. The molecule has 0 radical (unpaired) electrons. The summed E-state index contributed by atoms with van der Waals surface area (Å²) in [5, 5.41) is 11.2. The Labute approximate surface area is 113 Å². The summed E-state index contributed by atoms with van der Waals surface area (Å²) in [5.41, 5.74) is 0. The minimum Gasteiger partial charge on any atom is -0.481 e. The molecule has 2 N–H and O–H groups in total. The zero-order valence-corrected chi connectivity index (χ0v) is 11.8. The van der Waals surface area contributed by atoms with Crippen LogP contribution in [0.5, 0.6) is 0 Å². The van der Waals surface area contributed by atoms with Crippen molar-refractivity contribution in [2.75, 3.05) is 25.4 Å². The fourth-order valence-electron chi connectivity index (χ4n) is 2.06. The van der Waals surface area contributed by atoms with E-state index in [0.717, 1.165) is 0 Å². The lowest BCUT2D eigenvalue weighted by atomic mass is 9.97. The van der Waals surface area contributed by atoms with Gasteiger partial charge in [-0.25, -0.2) is 12.7 Å². The quantitative estimate of drug-likeness (QED) is 0.695. The van der Waals surface area contributed by atoms with E-state index in [1.54, 1.807) is 0 Å². The number of carboxylic acid groups (broad SMARTS) is 1. The van der Waals surface area contributed by atoms with Gasteiger partial charge in [0.2, 0.25) is 15.9 Å². The summed E-state index contributed by atoms with van der Waals surface area (Å²) in [5.74, 6) is -1.69. The molecule has 1 aliphatic heterocycles. The maximum Gasteiger partial charge on any atom is 0.304 e. The maximum atomic E-state index is 11.9. The molecule has 0 aromatic carbocycles. The molecule has 7 nitrogen and oxygen atoms in total. The van der Waals surface area contributed by atoms with E-state index >= 15 is 0 Å². The van der Waals surface area contributed by atoms with Crippen LogP contribution in [0, 0.1) is 5.92 Å². The van der Waals surface area contributed by atoms with Gasteiger partial charge in [0.05, 0.1) is 12.2 Å². The van der Waals surface area contributed by atoms with Crippen LogP contribution in [0.25, 0.3) is 0 Å². The van der Waals surface area contributed by atoms with Gasteiger partial charge in [0, 0.05) is 25.6 Å². The summed E-state index contributed by atoms with van der Waals surface area (Å²) >= 11 is 0. The minimum atomic E-state index is -3.52. The molecule has 110 valence electrons. The van der Waals surface area contributed by atoms with E-state index in [1.165, 1.54) is 4.31 Å². The van der Waals surface area contributed by atoms with Crippen LogP contribution in [0.4, 0.5) is 0 Å². The third-order valence-corrected chi connectivity index (χ3v) is 5.01. The first-order valence-corrected chi connectivity index (χ1v) is 7.95. The largest absolute Gasteiger partial charge is 0.481 e. The summed E-state index contributed by atoms with van der Waals surface area (Å²) in [6, 6.07) is 0. The van der Waals surface area contributed by atoms with Gasteiger partial charge >= 0.3 is 5.97 Å². The van der Waals surface area contributed by atoms with Crippen LogP contribution in [0.1, 0.15) is 26.2 Å². The summed E-state index contributed by atoms with van der Waals surface area (Å²) in [6.45, 7) is 2.97. The van der Waals surface area contributed by atoms with Crippen molar-refractivity contribution in [2.45, 2.75) is 26.2 Å². The number of nitrogens with one attached hydrogen (secondary N) is 1. The van der Waals surface area contributed by atoms with Crippen molar-refractivity contribution in [2.24, 2.45) is 5.92 Å². The van der Waals surface area contributed by atoms with Gasteiger partial charge in [-0.3, -0.25) is 9.59 Å². The number of carbonyl (C=O) groups is 2. The zero-order chi connectivity index (χ0) is 14.5. The standard InChI is InChI=1S/C11H20N2O5S/c1-2-12-11(16)9-3-6-13(7-4-9)19(17,18)8-5-10(14)15/h9H,2-8H2,1H3,(H,12,16)(H,14,15). The lowest BCUT2D eigenvalue weighted by Crippen LogP contribution is -2.43. The first kappa shape index (κ1) is 15.9. The van der Waals surface area contributed by atoms with E-state index in [-0.39, 0.29) is 30.7 Å². The fraction of sp³-hybridized carbons (Fsp3) is 0.818. The number of aliphatic carboxylic acids is 1. The Morgan fingerprint density at radius 2 is 1.89 bits per heavy atom. The number of hydrogen-bond donors (Lipinski definition) is 2. The highest BCUT2D eigenvalue weighted by Crippen LogP contribution is 2.20. The van der Waals surface area contributed by atoms with E-state index in [4.69, 9.17) is 5.11 Å². The normalized spacial score (nSPS) is 18.2. The Morgan fingerprint density at radius 1 is 1.32 bits per heavy atom. The molecule has 8 heteroatoms. The van der Waals surface area contributed by atoms with Gasteiger partial charge in [0.25, 0.3) is 0 Å². The van der Waals surface area contributed by atoms with Gasteiger partial charge in [-0.15, -0.1) is 0 Å². The molecular formula is C11H20N2O5S. The van der Waals surface area contributed by atoms with E-state index in [1.807, 2.05) is 6.92 Å². The van der Waals surface area contributed by atoms with E-state index in [2.05, 4.69) is 5.32 Å². The molecule has 1 heterocycles. The summed E-state index contributed by atoms with van der Waals surface area (Å²) < 4.78 is 25.0. The van der Waals surface area contributed by atoms with Gasteiger partial charge in [-0.1, -0.05) is 0 Å².